The van der Waals surface area contributed by atoms with Crippen molar-refractivity contribution in [1.82, 2.24) is 4.98 Å². The fourth-order valence-electron chi connectivity index (χ4n) is 3.52. The predicted molar refractivity (Wildman–Crippen MR) is 113 cm³/mol. The van der Waals surface area contributed by atoms with Crippen LogP contribution in [0, 0.1) is 0 Å². The van der Waals surface area contributed by atoms with E-state index >= 15 is 0 Å². The minimum Gasteiger partial charge on any atom is -0.235 e. The highest BCUT2D eigenvalue weighted by Gasteiger charge is 2.52. The van der Waals surface area contributed by atoms with Gasteiger partial charge >= 0.3 is 0 Å². The maximum absolute atomic E-state index is 4.95. The van der Waals surface area contributed by atoms with Crippen LogP contribution in [0.1, 0.15) is 12.0 Å². The summed E-state index contributed by atoms with van der Waals surface area (Å²) in [4.78, 5) is 4.46. The van der Waals surface area contributed by atoms with E-state index in [1.807, 2.05) is 51.8 Å². The number of benzene rings is 2. The molecule has 0 N–H and O–H groups in total. The molecule has 0 amide bonds. The van der Waals surface area contributed by atoms with E-state index < -0.39 is 5.66 Å². The Hall–Kier alpha value is -3.32. The molecule has 3 aromatic rings. The first kappa shape index (κ1) is 16.8. The van der Waals surface area contributed by atoms with Crippen LogP contribution in [-0.4, -0.2) is 22.9 Å². The lowest BCUT2D eigenvalue weighted by atomic mass is 10.0. The number of allylic oxidation sites excluding steroid dienone is 1. The third-order valence-corrected chi connectivity index (χ3v) is 5.57. The Bertz CT molecular complexity index is 1030. The SMILES string of the molecule is C(=C\c1ccccc1)/C1=NN(c2ccccc2)C2(CN=NN2c2nccs2)C1. The van der Waals surface area contributed by atoms with E-state index in [0.717, 1.165) is 22.1 Å². The van der Waals surface area contributed by atoms with Crippen LogP contribution in [0.3, 0.4) is 0 Å². The molecule has 2 aromatic carbocycles. The second-order valence-corrected chi connectivity index (χ2v) is 7.53. The molecule has 0 aliphatic carbocycles. The van der Waals surface area contributed by atoms with Crippen molar-refractivity contribution >= 4 is 33.9 Å². The molecule has 1 aromatic heterocycles. The first-order valence-electron chi connectivity index (χ1n) is 9.08. The Morgan fingerprint density at radius 3 is 2.46 bits per heavy atom. The molecule has 2 aliphatic heterocycles. The summed E-state index contributed by atoms with van der Waals surface area (Å²) in [5, 5.41) is 20.5. The quantitative estimate of drug-likeness (QED) is 0.633. The largest absolute Gasteiger partial charge is 0.235 e. The lowest BCUT2D eigenvalue weighted by Gasteiger charge is -2.37. The second kappa shape index (κ2) is 7.01. The lowest BCUT2D eigenvalue weighted by molar-refractivity contribution is 0.454. The number of hydrogen-bond acceptors (Lipinski definition) is 7. The van der Waals surface area contributed by atoms with Crippen molar-refractivity contribution in [2.24, 2.45) is 15.4 Å². The van der Waals surface area contributed by atoms with Gasteiger partial charge in [0.2, 0.25) is 5.13 Å². The Kier molecular flexibility index (Phi) is 4.21. The summed E-state index contributed by atoms with van der Waals surface area (Å²) < 4.78 is 0. The van der Waals surface area contributed by atoms with Crippen molar-refractivity contribution in [3.8, 4) is 0 Å². The van der Waals surface area contributed by atoms with Gasteiger partial charge < -0.3 is 0 Å². The molecule has 0 radical (unpaired) electrons. The monoisotopic (exact) mass is 386 g/mol. The maximum Gasteiger partial charge on any atom is 0.209 e. The maximum atomic E-state index is 4.95. The van der Waals surface area contributed by atoms with Crippen molar-refractivity contribution in [3.63, 3.8) is 0 Å². The summed E-state index contributed by atoms with van der Waals surface area (Å²) in [5.74, 6) is 0. The molecular weight excluding hydrogens is 368 g/mol. The van der Waals surface area contributed by atoms with E-state index in [-0.39, 0.29) is 0 Å². The summed E-state index contributed by atoms with van der Waals surface area (Å²) in [6.45, 7) is 0.535. The molecule has 7 heteroatoms. The normalized spacial score (nSPS) is 21.2. The molecule has 138 valence electrons. The first-order chi connectivity index (χ1) is 13.9. The van der Waals surface area contributed by atoms with Crippen LogP contribution in [0.15, 0.2) is 93.8 Å². The third-order valence-electron chi connectivity index (χ3n) is 4.83. The minimum atomic E-state index is -0.504. The fraction of sp³-hybridized carbons (Fsp3) is 0.143. The summed E-state index contributed by atoms with van der Waals surface area (Å²) in [5.41, 5.74) is 2.64. The standard InChI is InChI=1S/C21H18N6S/c1-3-7-17(8-4-1)11-12-18-15-21(26(24-18)19-9-5-2-6-10-19)16-23-25-27(21)20-22-13-14-28-20/h1-14H,15-16H2/b12-11+. The van der Waals surface area contributed by atoms with E-state index in [9.17, 15) is 0 Å². The van der Waals surface area contributed by atoms with E-state index in [0.29, 0.717) is 13.0 Å². The number of hydrazone groups is 1. The van der Waals surface area contributed by atoms with Gasteiger partial charge in [-0.15, -0.1) is 11.3 Å². The zero-order valence-electron chi connectivity index (χ0n) is 15.1. The van der Waals surface area contributed by atoms with Crippen LogP contribution < -0.4 is 10.0 Å². The molecule has 5 rings (SSSR count). The molecule has 1 spiro atoms. The molecular formula is C21H18N6S. The number of para-hydroxylation sites is 1. The fourth-order valence-corrected chi connectivity index (χ4v) is 4.19. The van der Waals surface area contributed by atoms with E-state index in [4.69, 9.17) is 5.10 Å². The predicted octanol–water partition coefficient (Wildman–Crippen LogP) is 5.01. The first-order valence-corrected chi connectivity index (χ1v) is 9.96. The van der Waals surface area contributed by atoms with Crippen LogP contribution in [0.5, 0.6) is 0 Å². The van der Waals surface area contributed by atoms with Gasteiger partial charge in [-0.1, -0.05) is 59.8 Å². The molecule has 0 saturated heterocycles. The Balaban J connectivity index is 1.53. The average Bonchev–Trinajstić information content (AvgIpc) is 3.49. The lowest BCUT2D eigenvalue weighted by Crippen LogP contribution is -2.55. The van der Waals surface area contributed by atoms with Gasteiger partial charge in [0.15, 0.2) is 5.66 Å². The van der Waals surface area contributed by atoms with Gasteiger partial charge in [0, 0.05) is 18.0 Å². The van der Waals surface area contributed by atoms with Crippen LogP contribution in [0.2, 0.25) is 0 Å². The molecule has 2 aliphatic rings. The van der Waals surface area contributed by atoms with Gasteiger partial charge in [0.25, 0.3) is 0 Å². The summed E-state index contributed by atoms with van der Waals surface area (Å²) in [6.07, 6.45) is 6.68. The number of nitrogens with zero attached hydrogens (tertiary/aromatic N) is 6. The Labute approximate surface area is 167 Å². The van der Waals surface area contributed by atoms with Crippen LogP contribution >= 0.6 is 11.3 Å². The van der Waals surface area contributed by atoms with Crippen LogP contribution in [0.25, 0.3) is 6.08 Å². The van der Waals surface area contributed by atoms with E-state index in [2.05, 4.69) is 51.7 Å². The molecule has 1 unspecified atom stereocenters. The van der Waals surface area contributed by atoms with Crippen molar-refractivity contribution in [2.75, 3.05) is 16.6 Å². The topological polar surface area (TPSA) is 56.5 Å². The molecule has 0 bridgehead atoms. The smallest absolute Gasteiger partial charge is 0.209 e. The summed E-state index contributed by atoms with van der Waals surface area (Å²) >= 11 is 1.56. The van der Waals surface area contributed by atoms with Gasteiger partial charge in [0.05, 0.1) is 11.4 Å². The number of aromatic nitrogens is 1. The molecule has 0 fully saturated rings. The number of hydrogen-bond donors (Lipinski definition) is 0. The van der Waals surface area contributed by atoms with E-state index in [1.165, 1.54) is 0 Å². The summed E-state index contributed by atoms with van der Waals surface area (Å²) in [6, 6.07) is 20.4. The zero-order valence-corrected chi connectivity index (χ0v) is 15.9. The van der Waals surface area contributed by atoms with Crippen molar-refractivity contribution in [3.05, 3.63) is 83.9 Å². The highest BCUT2D eigenvalue weighted by molar-refractivity contribution is 7.13. The van der Waals surface area contributed by atoms with Crippen LogP contribution in [-0.2, 0) is 0 Å². The molecule has 3 heterocycles. The molecule has 28 heavy (non-hydrogen) atoms. The van der Waals surface area contributed by atoms with Gasteiger partial charge in [-0.25, -0.2) is 9.99 Å². The Morgan fingerprint density at radius 1 is 0.929 bits per heavy atom. The summed E-state index contributed by atoms with van der Waals surface area (Å²) in [7, 11) is 0. The highest BCUT2D eigenvalue weighted by Crippen LogP contribution is 2.42. The average molecular weight is 386 g/mol. The number of anilines is 2. The van der Waals surface area contributed by atoms with Crippen molar-refractivity contribution in [2.45, 2.75) is 12.1 Å². The molecule has 0 saturated carbocycles. The molecule has 6 nitrogen and oxygen atoms in total. The zero-order chi connectivity index (χ0) is 18.8. The second-order valence-electron chi connectivity index (χ2n) is 6.66. The van der Waals surface area contributed by atoms with Crippen molar-refractivity contribution in [1.29, 1.82) is 0 Å². The van der Waals surface area contributed by atoms with Gasteiger partial charge in [-0.2, -0.15) is 15.2 Å². The minimum absolute atomic E-state index is 0.504. The number of thiazole rings is 1. The van der Waals surface area contributed by atoms with Gasteiger partial charge in [0.1, 0.15) is 6.54 Å². The number of rotatable bonds is 4. The Morgan fingerprint density at radius 2 is 1.71 bits per heavy atom. The van der Waals surface area contributed by atoms with Gasteiger partial charge in [-0.3, -0.25) is 0 Å². The van der Waals surface area contributed by atoms with E-state index in [1.54, 1.807) is 17.5 Å². The third kappa shape index (κ3) is 2.90. The van der Waals surface area contributed by atoms with Crippen molar-refractivity contribution < 1.29 is 0 Å². The van der Waals surface area contributed by atoms with Crippen LogP contribution in [0.4, 0.5) is 10.8 Å². The molecule has 1 atom stereocenters. The highest BCUT2D eigenvalue weighted by atomic mass is 32.1. The van der Waals surface area contributed by atoms with Gasteiger partial charge in [-0.05, 0) is 23.8 Å².